The summed E-state index contributed by atoms with van der Waals surface area (Å²) >= 11 is 3.51. The van der Waals surface area contributed by atoms with Crippen molar-refractivity contribution in [3.05, 3.63) is 64.1 Å². The molecule has 0 fully saturated rings. The summed E-state index contributed by atoms with van der Waals surface area (Å²) in [7, 11) is -3.64. The van der Waals surface area contributed by atoms with Crippen LogP contribution >= 0.6 is 15.9 Å². The fourth-order valence-corrected chi connectivity index (χ4v) is 3.49. The number of unbranched alkanes of at least 4 members (excludes halogenated alkanes) is 1. The lowest BCUT2D eigenvalue weighted by Gasteiger charge is -2.07. The molecule has 0 bridgehead atoms. The lowest BCUT2D eigenvalue weighted by molar-refractivity contribution is 0.308. The number of aryl methyl sites for hydroxylation is 2. The van der Waals surface area contributed by atoms with Gasteiger partial charge < -0.3 is 0 Å². The quantitative estimate of drug-likeness (QED) is 0.523. The van der Waals surface area contributed by atoms with Crippen LogP contribution in [0, 0.1) is 6.92 Å². The first-order valence-corrected chi connectivity index (χ1v) is 9.39. The van der Waals surface area contributed by atoms with Gasteiger partial charge in [-0.1, -0.05) is 51.8 Å². The van der Waals surface area contributed by atoms with Gasteiger partial charge in [0.2, 0.25) is 0 Å². The maximum atomic E-state index is 12.0. The minimum atomic E-state index is -3.64. The topological polar surface area (TPSA) is 43.4 Å². The molecule has 118 valence electrons. The molecule has 22 heavy (non-hydrogen) atoms. The Bertz CT molecular complexity index is 709. The second-order valence-electron chi connectivity index (χ2n) is 5.14. The van der Waals surface area contributed by atoms with Crippen molar-refractivity contribution in [1.82, 2.24) is 0 Å². The molecule has 0 heterocycles. The molecular formula is C17H19BrO3S. The van der Waals surface area contributed by atoms with Crippen LogP contribution in [-0.2, 0) is 20.7 Å². The maximum Gasteiger partial charge on any atom is 0.296 e. The Balaban J connectivity index is 1.79. The highest BCUT2D eigenvalue weighted by Gasteiger charge is 2.14. The Kier molecular flexibility index (Phi) is 6.17. The summed E-state index contributed by atoms with van der Waals surface area (Å²) in [5.74, 6) is 0. The van der Waals surface area contributed by atoms with E-state index in [0.717, 1.165) is 22.9 Å². The average Bonchev–Trinajstić information content (AvgIpc) is 2.49. The van der Waals surface area contributed by atoms with E-state index >= 15 is 0 Å². The third-order valence-corrected chi connectivity index (χ3v) is 5.45. The Morgan fingerprint density at radius 2 is 1.68 bits per heavy atom. The monoisotopic (exact) mass is 382 g/mol. The fraction of sp³-hybridized carbons (Fsp3) is 0.294. The molecular weight excluding hydrogens is 364 g/mol. The summed E-state index contributed by atoms with van der Waals surface area (Å²) in [6.07, 6.45) is 2.48. The van der Waals surface area contributed by atoms with Gasteiger partial charge in [0.05, 0.1) is 11.5 Å². The molecule has 0 amide bonds. The van der Waals surface area contributed by atoms with Crippen LogP contribution < -0.4 is 0 Å². The van der Waals surface area contributed by atoms with Crippen LogP contribution in [0.15, 0.2) is 57.9 Å². The Morgan fingerprint density at radius 1 is 1.00 bits per heavy atom. The number of benzene rings is 2. The largest absolute Gasteiger partial charge is 0.296 e. The molecule has 5 heteroatoms. The number of halogens is 1. The first-order valence-electron chi connectivity index (χ1n) is 7.18. The maximum absolute atomic E-state index is 12.0. The second kappa shape index (κ2) is 7.90. The van der Waals surface area contributed by atoms with Crippen LogP contribution in [0.5, 0.6) is 0 Å². The van der Waals surface area contributed by atoms with Gasteiger partial charge in [-0.2, -0.15) is 8.42 Å². The van der Waals surface area contributed by atoms with Crippen molar-refractivity contribution in [2.45, 2.75) is 31.1 Å². The zero-order valence-electron chi connectivity index (χ0n) is 12.5. The molecule has 0 aliphatic carbocycles. The lowest BCUT2D eigenvalue weighted by atomic mass is 10.1. The normalized spacial score (nSPS) is 11.5. The molecule has 0 unspecified atom stereocenters. The van der Waals surface area contributed by atoms with Crippen molar-refractivity contribution in [1.29, 1.82) is 0 Å². The molecule has 0 aliphatic rings. The van der Waals surface area contributed by atoms with E-state index in [-0.39, 0.29) is 11.5 Å². The highest BCUT2D eigenvalue weighted by atomic mass is 79.9. The zero-order chi connectivity index (χ0) is 16.0. The van der Waals surface area contributed by atoms with Gasteiger partial charge in [-0.15, -0.1) is 0 Å². The number of hydrogen-bond acceptors (Lipinski definition) is 3. The number of rotatable bonds is 7. The summed E-state index contributed by atoms with van der Waals surface area (Å²) in [4.78, 5) is 0.212. The van der Waals surface area contributed by atoms with Crippen LogP contribution in [0.25, 0.3) is 0 Å². The van der Waals surface area contributed by atoms with E-state index in [2.05, 4.69) is 22.0 Å². The minimum absolute atomic E-state index is 0.209. The molecule has 2 aromatic carbocycles. The van der Waals surface area contributed by atoms with E-state index in [1.807, 2.05) is 25.1 Å². The first-order chi connectivity index (χ1) is 10.5. The predicted molar refractivity (Wildman–Crippen MR) is 91.4 cm³/mol. The smallest absolute Gasteiger partial charge is 0.266 e. The summed E-state index contributed by atoms with van der Waals surface area (Å²) < 4.78 is 30.2. The fourth-order valence-electron chi connectivity index (χ4n) is 2.06. The Morgan fingerprint density at radius 3 is 2.36 bits per heavy atom. The average molecular weight is 383 g/mol. The van der Waals surface area contributed by atoms with Gasteiger partial charge in [0, 0.05) is 4.47 Å². The molecule has 0 atom stereocenters. The first kappa shape index (κ1) is 17.2. The second-order valence-corrected chi connectivity index (χ2v) is 7.61. The lowest BCUT2D eigenvalue weighted by Crippen LogP contribution is -2.07. The van der Waals surface area contributed by atoms with Gasteiger partial charge in [-0.25, -0.2) is 0 Å². The molecule has 2 aromatic rings. The molecule has 0 saturated carbocycles. The Hall–Kier alpha value is -1.17. The van der Waals surface area contributed by atoms with Gasteiger partial charge in [-0.05, 0) is 49.9 Å². The summed E-state index contributed by atoms with van der Waals surface area (Å²) in [6, 6.07) is 14.7. The van der Waals surface area contributed by atoms with Crippen LogP contribution in [0.4, 0.5) is 0 Å². The zero-order valence-corrected chi connectivity index (χ0v) is 14.9. The van der Waals surface area contributed by atoms with Crippen molar-refractivity contribution in [3.63, 3.8) is 0 Å². The van der Waals surface area contributed by atoms with Crippen LogP contribution in [0.3, 0.4) is 0 Å². The van der Waals surface area contributed by atoms with E-state index in [0.29, 0.717) is 6.42 Å². The van der Waals surface area contributed by atoms with E-state index in [4.69, 9.17) is 4.18 Å². The molecule has 0 N–H and O–H groups in total. The molecule has 0 radical (unpaired) electrons. The molecule has 0 aromatic heterocycles. The van der Waals surface area contributed by atoms with Crippen LogP contribution in [0.1, 0.15) is 24.0 Å². The summed E-state index contributed by atoms with van der Waals surface area (Å²) in [5.41, 5.74) is 2.25. The van der Waals surface area contributed by atoms with Crippen molar-refractivity contribution in [2.75, 3.05) is 6.61 Å². The van der Waals surface area contributed by atoms with Gasteiger partial charge in [0.15, 0.2) is 0 Å². The van der Waals surface area contributed by atoms with E-state index in [1.54, 1.807) is 24.3 Å². The third kappa shape index (κ3) is 4.93. The van der Waals surface area contributed by atoms with Gasteiger partial charge in [0.1, 0.15) is 0 Å². The van der Waals surface area contributed by atoms with Gasteiger partial charge in [-0.3, -0.25) is 4.18 Å². The van der Waals surface area contributed by atoms with Crippen molar-refractivity contribution >= 4 is 26.0 Å². The van der Waals surface area contributed by atoms with Crippen molar-refractivity contribution in [2.24, 2.45) is 0 Å². The van der Waals surface area contributed by atoms with Gasteiger partial charge in [0.25, 0.3) is 10.1 Å². The third-order valence-electron chi connectivity index (χ3n) is 3.35. The molecule has 2 rings (SSSR count). The van der Waals surface area contributed by atoms with Crippen molar-refractivity contribution < 1.29 is 12.6 Å². The molecule has 0 saturated heterocycles. The standard InChI is InChI=1S/C17H19BrO3S/c1-14-9-11-16(12-10-14)22(19,20)21-13-5-4-7-15-6-2-3-8-17(15)18/h2-3,6,8-12H,4-5,7,13H2,1H3. The summed E-state index contributed by atoms with van der Waals surface area (Å²) in [6.45, 7) is 2.12. The van der Waals surface area contributed by atoms with E-state index in [1.165, 1.54) is 5.56 Å². The van der Waals surface area contributed by atoms with Gasteiger partial charge >= 0.3 is 0 Å². The van der Waals surface area contributed by atoms with Crippen LogP contribution in [-0.4, -0.2) is 15.0 Å². The Labute approximate surface area is 140 Å². The number of hydrogen-bond donors (Lipinski definition) is 0. The molecule has 3 nitrogen and oxygen atoms in total. The predicted octanol–water partition coefficient (Wildman–Crippen LogP) is 4.49. The van der Waals surface area contributed by atoms with Crippen LogP contribution in [0.2, 0.25) is 0 Å². The highest BCUT2D eigenvalue weighted by Crippen LogP contribution is 2.18. The summed E-state index contributed by atoms with van der Waals surface area (Å²) in [5, 5.41) is 0. The highest BCUT2D eigenvalue weighted by molar-refractivity contribution is 9.10. The molecule has 0 spiro atoms. The van der Waals surface area contributed by atoms with E-state index < -0.39 is 10.1 Å². The SMILES string of the molecule is Cc1ccc(S(=O)(=O)OCCCCc2ccccc2Br)cc1. The van der Waals surface area contributed by atoms with E-state index in [9.17, 15) is 8.42 Å². The minimum Gasteiger partial charge on any atom is -0.266 e. The molecule has 0 aliphatic heterocycles. The van der Waals surface area contributed by atoms with Crippen molar-refractivity contribution in [3.8, 4) is 0 Å².